The average Bonchev–Trinajstić information content (AvgIpc) is 2.03. The summed E-state index contributed by atoms with van der Waals surface area (Å²) in [6.45, 7) is 10.4. The van der Waals surface area contributed by atoms with Crippen LogP contribution in [0, 0.1) is 11.3 Å². The highest BCUT2D eigenvalue weighted by molar-refractivity contribution is 6.18. The lowest BCUT2D eigenvalue weighted by molar-refractivity contribution is 0.228. The summed E-state index contributed by atoms with van der Waals surface area (Å²) in [4.78, 5) is 0. The van der Waals surface area contributed by atoms with Gasteiger partial charge in [0.05, 0.1) is 0 Å². The molecule has 0 N–H and O–H groups in total. The normalized spacial score (nSPS) is 18.9. The van der Waals surface area contributed by atoms with E-state index in [-0.39, 0.29) is 5.41 Å². The van der Waals surface area contributed by atoms with Crippen LogP contribution in [0.5, 0.6) is 0 Å². The van der Waals surface area contributed by atoms with Crippen molar-refractivity contribution >= 4 is 11.6 Å². The van der Waals surface area contributed by atoms with E-state index in [0.717, 1.165) is 18.7 Å². The van der Waals surface area contributed by atoms with Crippen LogP contribution in [-0.2, 0) is 0 Å². The van der Waals surface area contributed by atoms with Gasteiger partial charge in [0, 0.05) is 5.88 Å². The average molecular weight is 175 g/mol. The Balaban J connectivity index is 4.10. The smallest absolute Gasteiger partial charge is 0.0279 e. The third-order valence-electron chi connectivity index (χ3n) is 2.82. The molecule has 0 bridgehead atoms. The molecular weight excluding hydrogens is 156 g/mol. The minimum atomic E-state index is 0.287. The molecule has 0 aromatic carbocycles. The van der Waals surface area contributed by atoms with Gasteiger partial charge in [-0.15, -0.1) is 18.2 Å². The fourth-order valence-corrected chi connectivity index (χ4v) is 1.56. The van der Waals surface area contributed by atoms with Crippen LogP contribution in [0.3, 0.4) is 0 Å². The summed E-state index contributed by atoms with van der Waals surface area (Å²) < 4.78 is 0. The molecule has 0 radical (unpaired) electrons. The van der Waals surface area contributed by atoms with Crippen LogP contribution in [0.15, 0.2) is 12.7 Å². The molecule has 0 aliphatic rings. The lowest BCUT2D eigenvalue weighted by Gasteiger charge is -2.32. The molecular formula is C10H19Cl. The minimum Gasteiger partial charge on any atom is -0.126 e. The Hall–Kier alpha value is 0.0300. The second-order valence-corrected chi connectivity index (χ2v) is 3.83. The van der Waals surface area contributed by atoms with Gasteiger partial charge in [0.2, 0.25) is 0 Å². The highest BCUT2D eigenvalue weighted by Gasteiger charge is 2.26. The number of hydrogen-bond acceptors (Lipinski definition) is 0. The van der Waals surface area contributed by atoms with Gasteiger partial charge in [-0.05, 0) is 24.2 Å². The summed E-state index contributed by atoms with van der Waals surface area (Å²) in [6, 6.07) is 0. The van der Waals surface area contributed by atoms with Crippen LogP contribution in [0.25, 0.3) is 0 Å². The molecule has 1 heteroatoms. The van der Waals surface area contributed by atoms with Gasteiger partial charge in [-0.2, -0.15) is 0 Å². The Morgan fingerprint density at radius 2 is 2.18 bits per heavy atom. The maximum Gasteiger partial charge on any atom is 0.0279 e. The van der Waals surface area contributed by atoms with Gasteiger partial charge < -0.3 is 0 Å². The van der Waals surface area contributed by atoms with Crippen molar-refractivity contribution in [3.05, 3.63) is 12.7 Å². The molecule has 0 aliphatic carbocycles. The van der Waals surface area contributed by atoms with Crippen molar-refractivity contribution in [3.8, 4) is 0 Å². The van der Waals surface area contributed by atoms with Crippen molar-refractivity contribution in [3.63, 3.8) is 0 Å². The summed E-state index contributed by atoms with van der Waals surface area (Å²) >= 11 is 5.91. The van der Waals surface area contributed by atoms with Gasteiger partial charge in [-0.25, -0.2) is 0 Å². The van der Waals surface area contributed by atoms with E-state index in [9.17, 15) is 0 Å². The highest BCUT2D eigenvalue weighted by Crippen LogP contribution is 2.34. The number of allylic oxidation sites excluding steroid dienone is 1. The maximum absolute atomic E-state index is 5.91. The highest BCUT2D eigenvalue weighted by atomic mass is 35.5. The molecule has 0 amide bonds. The number of halogens is 1. The zero-order valence-corrected chi connectivity index (χ0v) is 8.62. The van der Waals surface area contributed by atoms with Crippen molar-refractivity contribution in [2.45, 2.75) is 33.6 Å². The van der Waals surface area contributed by atoms with Crippen molar-refractivity contribution in [2.75, 3.05) is 5.88 Å². The van der Waals surface area contributed by atoms with E-state index in [1.54, 1.807) is 0 Å². The molecule has 1 unspecified atom stereocenters. The van der Waals surface area contributed by atoms with E-state index in [0.29, 0.717) is 5.92 Å². The monoisotopic (exact) mass is 174 g/mol. The number of hydrogen-bond donors (Lipinski definition) is 0. The Labute approximate surface area is 75.6 Å². The van der Waals surface area contributed by atoms with Crippen LogP contribution < -0.4 is 0 Å². The number of alkyl halides is 1. The van der Waals surface area contributed by atoms with Gasteiger partial charge in [-0.1, -0.05) is 26.8 Å². The molecule has 0 saturated carbocycles. The molecule has 11 heavy (non-hydrogen) atoms. The molecule has 0 nitrogen and oxygen atoms in total. The molecule has 0 aromatic rings. The van der Waals surface area contributed by atoms with Crippen LogP contribution in [-0.4, -0.2) is 5.88 Å². The summed E-state index contributed by atoms with van der Waals surface area (Å²) in [5, 5.41) is 0. The van der Waals surface area contributed by atoms with E-state index in [1.165, 1.54) is 0 Å². The molecule has 0 fully saturated rings. The van der Waals surface area contributed by atoms with E-state index in [1.807, 2.05) is 6.08 Å². The van der Waals surface area contributed by atoms with Gasteiger partial charge in [0.25, 0.3) is 0 Å². The van der Waals surface area contributed by atoms with E-state index in [2.05, 4.69) is 27.4 Å². The minimum absolute atomic E-state index is 0.287. The first kappa shape index (κ1) is 11.0. The Bertz CT molecular complexity index is 114. The van der Waals surface area contributed by atoms with Crippen molar-refractivity contribution in [1.82, 2.24) is 0 Å². The van der Waals surface area contributed by atoms with Gasteiger partial charge >= 0.3 is 0 Å². The van der Waals surface area contributed by atoms with Crippen molar-refractivity contribution in [2.24, 2.45) is 11.3 Å². The molecule has 0 aromatic heterocycles. The number of rotatable bonds is 5. The lowest BCUT2D eigenvalue weighted by atomic mass is 9.76. The molecule has 0 aliphatic heterocycles. The zero-order valence-electron chi connectivity index (χ0n) is 7.86. The van der Waals surface area contributed by atoms with Crippen LogP contribution in [0.4, 0.5) is 0 Å². The molecule has 0 saturated heterocycles. The third-order valence-corrected chi connectivity index (χ3v) is 3.43. The Morgan fingerprint density at radius 3 is 2.45 bits per heavy atom. The molecule has 0 heterocycles. The standard InChI is InChI=1S/C10H19Cl/c1-5-7-9(3)10(4,6-2)8-11/h5,9H,1,6-8H2,2-4H3/t9-,10?/m0/s1. The predicted molar refractivity (Wildman–Crippen MR) is 53.1 cm³/mol. The van der Waals surface area contributed by atoms with E-state index < -0.39 is 0 Å². The van der Waals surface area contributed by atoms with Crippen LogP contribution in [0.2, 0.25) is 0 Å². The quantitative estimate of drug-likeness (QED) is 0.439. The Kier molecular flexibility index (Phi) is 4.83. The Morgan fingerprint density at radius 1 is 1.64 bits per heavy atom. The summed E-state index contributed by atoms with van der Waals surface area (Å²) in [5.74, 6) is 1.39. The predicted octanol–water partition coefficient (Wildman–Crippen LogP) is 3.85. The molecule has 2 atom stereocenters. The summed E-state index contributed by atoms with van der Waals surface area (Å²) in [7, 11) is 0. The zero-order chi connectivity index (χ0) is 8.91. The largest absolute Gasteiger partial charge is 0.126 e. The van der Waals surface area contributed by atoms with Gasteiger partial charge in [0.1, 0.15) is 0 Å². The topological polar surface area (TPSA) is 0 Å². The van der Waals surface area contributed by atoms with Crippen molar-refractivity contribution in [1.29, 1.82) is 0 Å². The fraction of sp³-hybridized carbons (Fsp3) is 0.800. The SMILES string of the molecule is C=CC[C@H](C)C(C)(CC)CCl. The van der Waals surface area contributed by atoms with Crippen LogP contribution in [0.1, 0.15) is 33.6 Å². The summed E-state index contributed by atoms with van der Waals surface area (Å²) in [5.41, 5.74) is 0.287. The first-order chi connectivity index (χ1) is 5.10. The van der Waals surface area contributed by atoms with Crippen LogP contribution >= 0.6 is 11.6 Å². The van der Waals surface area contributed by atoms with E-state index in [4.69, 9.17) is 11.6 Å². The van der Waals surface area contributed by atoms with Gasteiger partial charge in [-0.3, -0.25) is 0 Å². The first-order valence-electron chi connectivity index (χ1n) is 4.27. The maximum atomic E-state index is 5.91. The van der Waals surface area contributed by atoms with Gasteiger partial charge in [0.15, 0.2) is 0 Å². The first-order valence-corrected chi connectivity index (χ1v) is 4.81. The second kappa shape index (κ2) is 4.82. The van der Waals surface area contributed by atoms with E-state index >= 15 is 0 Å². The molecule has 0 rings (SSSR count). The second-order valence-electron chi connectivity index (χ2n) is 3.57. The molecule has 66 valence electrons. The van der Waals surface area contributed by atoms with Crippen molar-refractivity contribution < 1.29 is 0 Å². The molecule has 0 spiro atoms. The lowest BCUT2D eigenvalue weighted by Crippen LogP contribution is -2.26. The third kappa shape index (κ3) is 2.86. The fourth-order valence-electron chi connectivity index (χ4n) is 1.11. The summed E-state index contributed by atoms with van der Waals surface area (Å²) in [6.07, 6.45) is 4.19.